The van der Waals surface area contributed by atoms with Gasteiger partial charge >= 0.3 is 0 Å². The van der Waals surface area contributed by atoms with Crippen LogP contribution in [0.15, 0.2) is 24.7 Å². The number of imidazole rings is 1. The number of pyridine rings is 1. The maximum Gasteiger partial charge on any atom is 0.177 e. The van der Waals surface area contributed by atoms with E-state index in [-0.39, 0.29) is 11.4 Å². The van der Waals surface area contributed by atoms with Crippen LogP contribution in [0.25, 0.3) is 5.82 Å². The van der Waals surface area contributed by atoms with Crippen molar-refractivity contribution in [2.75, 3.05) is 6.54 Å². The van der Waals surface area contributed by atoms with Crippen LogP contribution in [0, 0.1) is 22.7 Å². The summed E-state index contributed by atoms with van der Waals surface area (Å²) >= 11 is 0. The number of nitrogens with one attached hydrogen (secondary N) is 1. The summed E-state index contributed by atoms with van der Waals surface area (Å²) in [5.74, 6) is 0.575. The first-order chi connectivity index (χ1) is 9.30. The van der Waals surface area contributed by atoms with Gasteiger partial charge in [0.25, 0.3) is 0 Å². The fourth-order valence-electron chi connectivity index (χ4n) is 1.64. The summed E-state index contributed by atoms with van der Waals surface area (Å²) in [6, 6.07) is 7.58. The van der Waals surface area contributed by atoms with Gasteiger partial charge in [0.15, 0.2) is 11.4 Å². The third-order valence-corrected chi connectivity index (χ3v) is 2.61. The van der Waals surface area contributed by atoms with E-state index >= 15 is 0 Å². The Balaban J connectivity index is 2.31. The molecule has 0 bridgehead atoms. The van der Waals surface area contributed by atoms with Gasteiger partial charge in [0.1, 0.15) is 24.3 Å². The molecule has 6 nitrogen and oxygen atoms in total. The molecule has 19 heavy (non-hydrogen) atoms. The molecule has 0 spiro atoms. The molecule has 2 aromatic rings. The smallest absolute Gasteiger partial charge is 0.177 e. The van der Waals surface area contributed by atoms with E-state index in [2.05, 4.69) is 15.3 Å². The van der Waals surface area contributed by atoms with Crippen molar-refractivity contribution in [2.24, 2.45) is 0 Å². The lowest BCUT2D eigenvalue weighted by atomic mass is 10.2. The first kappa shape index (κ1) is 12.7. The second kappa shape index (κ2) is 5.76. The summed E-state index contributed by atoms with van der Waals surface area (Å²) in [6.07, 6.45) is 3.18. The highest BCUT2D eigenvalue weighted by molar-refractivity contribution is 5.41. The molecule has 0 aliphatic carbocycles. The Morgan fingerprint density at radius 3 is 2.68 bits per heavy atom. The molecule has 0 saturated heterocycles. The zero-order valence-electron chi connectivity index (χ0n) is 10.5. The lowest BCUT2D eigenvalue weighted by Crippen LogP contribution is -2.12. The summed E-state index contributed by atoms with van der Waals surface area (Å²) in [7, 11) is 0. The molecule has 0 fully saturated rings. The number of rotatable bonds is 4. The van der Waals surface area contributed by atoms with Gasteiger partial charge in [0.05, 0.1) is 0 Å². The predicted molar refractivity (Wildman–Crippen MR) is 68.2 cm³/mol. The molecule has 2 heterocycles. The largest absolute Gasteiger partial charge is 0.313 e. The first-order valence-electron chi connectivity index (χ1n) is 5.83. The monoisotopic (exact) mass is 252 g/mol. The third kappa shape index (κ3) is 2.59. The lowest BCUT2D eigenvalue weighted by Gasteiger charge is -2.05. The Bertz CT molecular complexity index is 641. The van der Waals surface area contributed by atoms with Crippen molar-refractivity contribution in [3.63, 3.8) is 0 Å². The second-order valence-corrected chi connectivity index (χ2v) is 3.84. The minimum Gasteiger partial charge on any atom is -0.313 e. The number of nitrogens with zero attached hydrogens (tertiary/aromatic N) is 5. The van der Waals surface area contributed by atoms with E-state index in [1.54, 1.807) is 12.3 Å². The van der Waals surface area contributed by atoms with E-state index in [1.807, 2.05) is 25.1 Å². The standard InChI is InChI=1S/C13H12N6/c1-2-16-7-10-3-4-13(17-8-10)19-9-18-11(5-14)12(19)6-15/h3-4,8-9,16H,2,7H2,1H3. The highest BCUT2D eigenvalue weighted by Gasteiger charge is 2.11. The zero-order chi connectivity index (χ0) is 13.7. The Morgan fingerprint density at radius 1 is 1.26 bits per heavy atom. The molecule has 0 aliphatic rings. The fourth-order valence-corrected chi connectivity index (χ4v) is 1.64. The lowest BCUT2D eigenvalue weighted by molar-refractivity contribution is 0.723. The number of nitriles is 2. The molecular formula is C13H12N6. The molecule has 0 unspecified atom stereocenters. The molecule has 6 heteroatoms. The summed E-state index contributed by atoms with van der Waals surface area (Å²) in [5.41, 5.74) is 1.38. The highest BCUT2D eigenvalue weighted by atomic mass is 15.1. The van der Waals surface area contributed by atoms with Gasteiger partial charge in [-0.1, -0.05) is 13.0 Å². The SMILES string of the molecule is CCNCc1ccc(-n2cnc(C#N)c2C#N)nc1. The molecule has 0 saturated carbocycles. The Morgan fingerprint density at radius 2 is 2.11 bits per heavy atom. The van der Waals surface area contributed by atoms with Crippen LogP contribution >= 0.6 is 0 Å². The van der Waals surface area contributed by atoms with Crippen molar-refractivity contribution in [3.8, 4) is 18.0 Å². The van der Waals surface area contributed by atoms with E-state index in [1.165, 1.54) is 10.9 Å². The van der Waals surface area contributed by atoms with Gasteiger partial charge in [-0.25, -0.2) is 9.97 Å². The molecule has 94 valence electrons. The van der Waals surface area contributed by atoms with E-state index in [0.717, 1.165) is 18.7 Å². The number of hydrogen-bond acceptors (Lipinski definition) is 5. The van der Waals surface area contributed by atoms with Gasteiger partial charge in [0.2, 0.25) is 0 Å². The van der Waals surface area contributed by atoms with Crippen LogP contribution in [0.2, 0.25) is 0 Å². The van der Waals surface area contributed by atoms with E-state index < -0.39 is 0 Å². The minimum atomic E-state index is 0.112. The summed E-state index contributed by atoms with van der Waals surface area (Å²) < 4.78 is 1.51. The highest BCUT2D eigenvalue weighted by Crippen LogP contribution is 2.12. The van der Waals surface area contributed by atoms with Crippen molar-refractivity contribution in [1.29, 1.82) is 10.5 Å². The van der Waals surface area contributed by atoms with Crippen LogP contribution in [-0.4, -0.2) is 21.1 Å². The van der Waals surface area contributed by atoms with Crippen LogP contribution in [0.1, 0.15) is 23.9 Å². The van der Waals surface area contributed by atoms with Crippen LogP contribution in [0.5, 0.6) is 0 Å². The third-order valence-electron chi connectivity index (χ3n) is 2.61. The van der Waals surface area contributed by atoms with Crippen LogP contribution in [-0.2, 0) is 6.54 Å². The number of hydrogen-bond donors (Lipinski definition) is 1. The van der Waals surface area contributed by atoms with Gasteiger partial charge in [-0.15, -0.1) is 0 Å². The zero-order valence-corrected chi connectivity index (χ0v) is 10.5. The second-order valence-electron chi connectivity index (χ2n) is 3.84. The van der Waals surface area contributed by atoms with Crippen LogP contribution in [0.4, 0.5) is 0 Å². The Kier molecular flexibility index (Phi) is 3.87. The van der Waals surface area contributed by atoms with Crippen LogP contribution < -0.4 is 5.32 Å². The van der Waals surface area contributed by atoms with Crippen molar-refractivity contribution >= 4 is 0 Å². The van der Waals surface area contributed by atoms with E-state index in [4.69, 9.17) is 10.5 Å². The van der Waals surface area contributed by atoms with Crippen molar-refractivity contribution < 1.29 is 0 Å². The van der Waals surface area contributed by atoms with Gasteiger partial charge in [-0.05, 0) is 18.2 Å². The molecule has 1 N–H and O–H groups in total. The van der Waals surface area contributed by atoms with E-state index in [9.17, 15) is 0 Å². The quantitative estimate of drug-likeness (QED) is 0.880. The Hall–Kier alpha value is -2.70. The van der Waals surface area contributed by atoms with Crippen molar-refractivity contribution in [1.82, 2.24) is 19.9 Å². The molecule has 0 amide bonds. The molecule has 0 aromatic carbocycles. The van der Waals surface area contributed by atoms with Gasteiger partial charge in [0, 0.05) is 12.7 Å². The average molecular weight is 252 g/mol. The molecule has 0 aliphatic heterocycles. The predicted octanol–water partition coefficient (Wildman–Crippen LogP) is 1.12. The molecule has 0 radical (unpaired) electrons. The normalized spacial score (nSPS) is 9.84. The van der Waals surface area contributed by atoms with Gasteiger partial charge in [-0.3, -0.25) is 4.57 Å². The maximum absolute atomic E-state index is 9.05. The summed E-state index contributed by atoms with van der Waals surface area (Å²) in [6.45, 7) is 3.69. The van der Waals surface area contributed by atoms with Gasteiger partial charge < -0.3 is 5.32 Å². The average Bonchev–Trinajstić information content (AvgIpc) is 2.88. The van der Waals surface area contributed by atoms with Gasteiger partial charge in [-0.2, -0.15) is 10.5 Å². The van der Waals surface area contributed by atoms with Crippen molar-refractivity contribution in [2.45, 2.75) is 13.5 Å². The Labute approximate surface area is 111 Å². The van der Waals surface area contributed by atoms with Crippen molar-refractivity contribution in [3.05, 3.63) is 41.6 Å². The molecule has 2 rings (SSSR count). The summed E-state index contributed by atoms with van der Waals surface area (Å²) in [4.78, 5) is 8.16. The first-order valence-corrected chi connectivity index (χ1v) is 5.83. The van der Waals surface area contributed by atoms with E-state index in [0.29, 0.717) is 5.82 Å². The molecule has 2 aromatic heterocycles. The maximum atomic E-state index is 9.05. The minimum absolute atomic E-state index is 0.112. The fraction of sp³-hybridized carbons (Fsp3) is 0.231. The molecule has 0 atom stereocenters. The number of aromatic nitrogens is 3. The van der Waals surface area contributed by atoms with Crippen LogP contribution in [0.3, 0.4) is 0 Å². The summed E-state index contributed by atoms with van der Waals surface area (Å²) in [5, 5.41) is 21.1. The molecular weight excluding hydrogens is 240 g/mol. The topological polar surface area (TPSA) is 90.3 Å².